The van der Waals surface area contributed by atoms with Gasteiger partial charge in [-0.2, -0.15) is 0 Å². The van der Waals surface area contributed by atoms with Crippen molar-refractivity contribution in [2.75, 3.05) is 7.11 Å². The van der Waals surface area contributed by atoms with Gasteiger partial charge in [0.1, 0.15) is 17.2 Å². The van der Waals surface area contributed by atoms with Gasteiger partial charge in [-0.15, -0.1) is 0 Å². The number of hydrogen-bond acceptors (Lipinski definition) is 5. The van der Waals surface area contributed by atoms with Crippen LogP contribution in [-0.4, -0.2) is 25.0 Å². The molecule has 0 radical (unpaired) electrons. The fourth-order valence-corrected chi connectivity index (χ4v) is 3.15. The van der Waals surface area contributed by atoms with Crippen LogP contribution < -0.4 is 9.47 Å². The van der Waals surface area contributed by atoms with Crippen molar-refractivity contribution >= 4 is 11.8 Å². The molecule has 0 amide bonds. The summed E-state index contributed by atoms with van der Waals surface area (Å²) in [5.41, 5.74) is 2.54. The maximum absolute atomic E-state index is 12.6. The van der Waals surface area contributed by atoms with Crippen LogP contribution in [-0.2, 0) is 16.0 Å². The number of fused-ring (bicyclic) bond motifs is 2. The molecule has 1 atom stereocenters. The maximum Gasteiger partial charge on any atom is 0.346 e. The number of aryl methyl sites for hydroxylation is 1. The van der Waals surface area contributed by atoms with E-state index in [0.29, 0.717) is 22.8 Å². The Labute approximate surface area is 164 Å². The van der Waals surface area contributed by atoms with Crippen molar-refractivity contribution in [1.29, 1.82) is 0 Å². The minimum Gasteiger partial charge on any atom is -0.479 e. The zero-order valence-electron chi connectivity index (χ0n) is 16.4. The number of carbonyl (C=O) groups is 2. The summed E-state index contributed by atoms with van der Waals surface area (Å²) in [5, 5.41) is 0. The highest BCUT2D eigenvalue weighted by molar-refractivity contribution is 6.06. The Morgan fingerprint density at radius 2 is 1.89 bits per heavy atom. The molecule has 1 aliphatic heterocycles. The molecule has 1 aliphatic rings. The van der Waals surface area contributed by atoms with Gasteiger partial charge in [0.05, 0.1) is 12.7 Å². The van der Waals surface area contributed by atoms with Crippen molar-refractivity contribution in [2.45, 2.75) is 39.2 Å². The number of carbonyl (C=O) groups excluding carboxylic acids is 2. The van der Waals surface area contributed by atoms with E-state index >= 15 is 0 Å². The molecule has 2 aromatic rings. The van der Waals surface area contributed by atoms with E-state index in [1.807, 2.05) is 31.2 Å². The third kappa shape index (κ3) is 4.60. The van der Waals surface area contributed by atoms with Crippen LogP contribution in [0.15, 0.2) is 54.1 Å². The number of para-hydroxylation sites is 1. The molecule has 28 heavy (non-hydrogen) atoms. The molecule has 1 heterocycles. The van der Waals surface area contributed by atoms with Gasteiger partial charge < -0.3 is 14.2 Å². The minimum atomic E-state index is -0.699. The normalized spacial score (nSPS) is 15.1. The second-order valence-corrected chi connectivity index (χ2v) is 6.86. The fraction of sp³-hybridized carbons (Fsp3) is 0.304. The maximum atomic E-state index is 12.6. The largest absolute Gasteiger partial charge is 0.479 e. The Balaban J connectivity index is 1.96. The third-order valence-corrected chi connectivity index (χ3v) is 4.65. The average Bonchev–Trinajstić information content (AvgIpc) is 2.70. The number of rotatable bonds is 3. The monoisotopic (exact) mass is 380 g/mol. The lowest BCUT2D eigenvalue weighted by Crippen LogP contribution is -2.24. The highest BCUT2D eigenvalue weighted by Gasteiger charge is 2.18. The van der Waals surface area contributed by atoms with Gasteiger partial charge in [0, 0.05) is 0 Å². The molecule has 0 aromatic heterocycles. The molecule has 3 rings (SSSR count). The molecule has 0 saturated carbocycles. The van der Waals surface area contributed by atoms with E-state index in [4.69, 9.17) is 14.2 Å². The van der Waals surface area contributed by atoms with Crippen LogP contribution in [0.25, 0.3) is 0 Å². The van der Waals surface area contributed by atoms with Gasteiger partial charge in [-0.3, -0.25) is 4.79 Å². The Morgan fingerprint density at radius 1 is 1.11 bits per heavy atom. The van der Waals surface area contributed by atoms with Crippen LogP contribution in [0.1, 0.15) is 42.6 Å². The lowest BCUT2D eigenvalue weighted by molar-refractivity contribution is -0.147. The second-order valence-electron chi connectivity index (χ2n) is 6.86. The Morgan fingerprint density at radius 3 is 2.68 bits per heavy atom. The summed E-state index contributed by atoms with van der Waals surface area (Å²) in [6.45, 7) is 3.62. The highest BCUT2D eigenvalue weighted by atomic mass is 16.6. The standard InChI is InChI=1S/C23H24O5/c1-15-7-6-8-17-14-18(27-16(2)23(25)26-3)11-12-21(17)28-22-10-5-4-9-19(22)20(24)13-15/h4-5,9-14,16H,6-8H2,1-3H3. The number of benzene rings is 2. The van der Waals surface area contributed by atoms with Gasteiger partial charge in [-0.05, 0) is 75.1 Å². The van der Waals surface area contributed by atoms with Crippen molar-refractivity contribution < 1.29 is 23.8 Å². The van der Waals surface area contributed by atoms with E-state index < -0.39 is 12.1 Å². The predicted octanol–water partition coefficient (Wildman–Crippen LogP) is 4.88. The SMILES string of the molecule is COC(=O)C(C)Oc1ccc2c(c1)CCCC(C)=CC(=O)c1ccccc1O2. The van der Waals surface area contributed by atoms with Crippen molar-refractivity contribution in [3.05, 3.63) is 65.2 Å². The first-order valence-electron chi connectivity index (χ1n) is 9.33. The summed E-state index contributed by atoms with van der Waals surface area (Å²) in [7, 11) is 1.33. The Kier molecular flexibility index (Phi) is 6.14. The van der Waals surface area contributed by atoms with Crippen LogP contribution in [0.2, 0.25) is 0 Å². The zero-order chi connectivity index (χ0) is 20.1. The highest BCUT2D eigenvalue weighted by Crippen LogP contribution is 2.33. The quantitative estimate of drug-likeness (QED) is 0.710. The third-order valence-electron chi connectivity index (χ3n) is 4.65. The summed E-state index contributed by atoms with van der Waals surface area (Å²) in [6.07, 6.45) is 3.44. The van der Waals surface area contributed by atoms with Gasteiger partial charge in [-0.1, -0.05) is 17.7 Å². The van der Waals surface area contributed by atoms with Crippen LogP contribution in [0.5, 0.6) is 17.2 Å². The minimum absolute atomic E-state index is 0.0524. The average molecular weight is 380 g/mol. The van der Waals surface area contributed by atoms with Gasteiger partial charge >= 0.3 is 5.97 Å². The molecule has 0 bridgehead atoms. The molecule has 0 spiro atoms. The molecular formula is C23H24O5. The lowest BCUT2D eigenvalue weighted by Gasteiger charge is -2.16. The van der Waals surface area contributed by atoms with Crippen molar-refractivity contribution in [3.8, 4) is 17.2 Å². The van der Waals surface area contributed by atoms with E-state index in [-0.39, 0.29) is 5.78 Å². The molecule has 5 nitrogen and oxygen atoms in total. The number of methoxy groups -OCH3 is 1. The van der Waals surface area contributed by atoms with Gasteiger partial charge in [0.15, 0.2) is 11.9 Å². The molecule has 2 aromatic carbocycles. The van der Waals surface area contributed by atoms with Crippen LogP contribution in [0.3, 0.4) is 0 Å². The Hall–Kier alpha value is -3.08. The van der Waals surface area contributed by atoms with Crippen molar-refractivity contribution in [1.82, 2.24) is 0 Å². The smallest absolute Gasteiger partial charge is 0.346 e. The van der Waals surface area contributed by atoms with Crippen LogP contribution in [0.4, 0.5) is 0 Å². The van der Waals surface area contributed by atoms with E-state index in [2.05, 4.69) is 0 Å². The molecule has 0 fully saturated rings. The Bertz CT molecular complexity index is 913. The first-order valence-corrected chi connectivity index (χ1v) is 9.33. The summed E-state index contributed by atoms with van der Waals surface area (Å²) in [5.74, 6) is 1.30. The molecule has 5 heteroatoms. The predicted molar refractivity (Wildman–Crippen MR) is 106 cm³/mol. The molecule has 146 valence electrons. The van der Waals surface area contributed by atoms with E-state index in [9.17, 15) is 9.59 Å². The summed E-state index contributed by atoms with van der Waals surface area (Å²) in [4.78, 5) is 24.2. The van der Waals surface area contributed by atoms with Crippen LogP contribution >= 0.6 is 0 Å². The van der Waals surface area contributed by atoms with Gasteiger partial charge in [-0.25, -0.2) is 4.79 Å². The number of ketones is 1. The molecular weight excluding hydrogens is 356 g/mol. The molecule has 0 saturated heterocycles. The summed E-state index contributed by atoms with van der Waals surface area (Å²) in [6, 6.07) is 12.7. The number of allylic oxidation sites excluding steroid dienone is 2. The number of esters is 1. The van der Waals surface area contributed by atoms with Crippen LogP contribution in [0, 0.1) is 0 Å². The first-order chi connectivity index (χ1) is 13.5. The number of ether oxygens (including phenoxy) is 3. The molecule has 1 unspecified atom stereocenters. The molecule has 0 N–H and O–H groups in total. The van der Waals surface area contributed by atoms with Gasteiger partial charge in [0.25, 0.3) is 0 Å². The van der Waals surface area contributed by atoms with E-state index in [1.54, 1.807) is 31.2 Å². The fourth-order valence-electron chi connectivity index (χ4n) is 3.15. The number of hydrogen-bond donors (Lipinski definition) is 0. The lowest BCUT2D eigenvalue weighted by atomic mass is 10.0. The summed E-state index contributed by atoms with van der Waals surface area (Å²) >= 11 is 0. The second kappa shape index (κ2) is 8.74. The van der Waals surface area contributed by atoms with Crippen molar-refractivity contribution in [2.24, 2.45) is 0 Å². The van der Waals surface area contributed by atoms with Gasteiger partial charge in [0.2, 0.25) is 0 Å². The van der Waals surface area contributed by atoms with E-state index in [1.165, 1.54) is 7.11 Å². The topological polar surface area (TPSA) is 61.8 Å². The zero-order valence-corrected chi connectivity index (χ0v) is 16.4. The summed E-state index contributed by atoms with van der Waals surface area (Å²) < 4.78 is 16.5. The van der Waals surface area contributed by atoms with Crippen molar-refractivity contribution in [3.63, 3.8) is 0 Å². The van der Waals surface area contributed by atoms with E-state index in [0.717, 1.165) is 30.4 Å². The molecule has 0 aliphatic carbocycles. The first kappa shape index (κ1) is 19.7.